The maximum absolute atomic E-state index is 11.4. The van der Waals surface area contributed by atoms with Crippen LogP contribution in [0.5, 0.6) is 5.88 Å². The number of fused-ring (bicyclic) bond motifs is 1. The van der Waals surface area contributed by atoms with Crippen molar-refractivity contribution in [2.75, 3.05) is 5.32 Å². The van der Waals surface area contributed by atoms with E-state index in [2.05, 4.69) is 35.3 Å². The lowest BCUT2D eigenvalue weighted by Gasteiger charge is -2.14. The number of aromatic hydroxyl groups is 1. The van der Waals surface area contributed by atoms with Crippen LogP contribution < -0.4 is 21.8 Å². The predicted molar refractivity (Wildman–Crippen MR) is 115 cm³/mol. The number of rotatable bonds is 5. The molecule has 4 aromatic rings. The summed E-state index contributed by atoms with van der Waals surface area (Å²) >= 11 is 5.99. The van der Waals surface area contributed by atoms with Crippen molar-refractivity contribution < 1.29 is 5.11 Å². The quantitative estimate of drug-likeness (QED) is 0.370. The van der Waals surface area contributed by atoms with E-state index in [1.54, 1.807) is 16.8 Å². The Morgan fingerprint density at radius 1 is 1.29 bits per heavy atom. The lowest BCUT2D eigenvalue weighted by Crippen LogP contribution is -2.25. The van der Waals surface area contributed by atoms with Crippen LogP contribution in [0.25, 0.3) is 11.7 Å². The van der Waals surface area contributed by atoms with Crippen molar-refractivity contribution in [1.82, 2.24) is 29.5 Å². The topological polar surface area (TPSA) is 136 Å². The van der Waals surface area contributed by atoms with Crippen molar-refractivity contribution in [3.8, 4) is 5.88 Å². The zero-order chi connectivity index (χ0) is 21.5. The van der Waals surface area contributed by atoms with Gasteiger partial charge in [-0.25, -0.2) is 9.79 Å². The average molecular weight is 439 g/mol. The summed E-state index contributed by atoms with van der Waals surface area (Å²) in [6.45, 7) is 2.00. The van der Waals surface area contributed by atoms with Crippen LogP contribution in [0.2, 0.25) is 5.02 Å². The van der Waals surface area contributed by atoms with Crippen molar-refractivity contribution in [3.63, 3.8) is 0 Å². The van der Waals surface area contributed by atoms with Gasteiger partial charge in [-0.2, -0.15) is 19.6 Å². The fraction of sp³-hybridized carbons (Fsp3) is 0.250. The highest BCUT2D eigenvalue weighted by atomic mass is 35.5. The van der Waals surface area contributed by atoms with Crippen LogP contribution in [0.1, 0.15) is 37.1 Å². The van der Waals surface area contributed by atoms with Crippen LogP contribution >= 0.6 is 11.6 Å². The van der Waals surface area contributed by atoms with Gasteiger partial charge < -0.3 is 15.4 Å². The molecule has 3 heterocycles. The van der Waals surface area contributed by atoms with Crippen LogP contribution in [0, 0.1) is 0 Å². The first-order chi connectivity index (χ1) is 15.0. The van der Waals surface area contributed by atoms with E-state index in [4.69, 9.17) is 11.6 Å². The molecule has 4 N–H and O–H groups in total. The molecule has 0 aliphatic heterocycles. The molecule has 1 aromatic carbocycles. The monoisotopic (exact) mass is 438 g/mol. The number of halogens is 1. The number of H-pyrrole nitrogens is 2. The Morgan fingerprint density at radius 2 is 2.06 bits per heavy atom. The first-order valence-corrected chi connectivity index (χ1v) is 10.2. The number of imidazole rings is 1. The van der Waals surface area contributed by atoms with E-state index in [1.807, 2.05) is 31.2 Å². The summed E-state index contributed by atoms with van der Waals surface area (Å²) in [6, 6.07) is 7.71. The second kappa shape index (κ2) is 7.55. The third kappa shape index (κ3) is 4.02. The summed E-state index contributed by atoms with van der Waals surface area (Å²) in [4.78, 5) is 30.1. The highest BCUT2D eigenvalue weighted by molar-refractivity contribution is 6.30. The molecule has 0 spiro atoms. The second-order valence-corrected chi connectivity index (χ2v) is 7.88. The molecular weight excluding hydrogens is 420 g/mol. The van der Waals surface area contributed by atoms with Crippen LogP contribution in [0.4, 0.5) is 5.95 Å². The minimum absolute atomic E-state index is 0.0751. The third-order valence-electron chi connectivity index (χ3n) is 4.97. The van der Waals surface area contributed by atoms with Gasteiger partial charge in [0.15, 0.2) is 5.65 Å². The highest BCUT2D eigenvalue weighted by Gasteiger charge is 2.21. The van der Waals surface area contributed by atoms with Crippen LogP contribution in [-0.2, 0) is 0 Å². The molecule has 11 heteroatoms. The van der Waals surface area contributed by atoms with Gasteiger partial charge in [-0.05, 0) is 43.5 Å². The molecule has 1 saturated carbocycles. The van der Waals surface area contributed by atoms with E-state index in [-0.39, 0.29) is 23.7 Å². The fourth-order valence-electron chi connectivity index (χ4n) is 3.17. The molecule has 10 nitrogen and oxygen atoms in total. The van der Waals surface area contributed by atoms with Gasteiger partial charge in [-0.15, -0.1) is 0 Å². The maximum atomic E-state index is 11.4. The van der Waals surface area contributed by atoms with Crippen molar-refractivity contribution >= 4 is 29.3 Å². The first kappa shape index (κ1) is 19.3. The van der Waals surface area contributed by atoms with Crippen molar-refractivity contribution in [2.45, 2.75) is 31.8 Å². The van der Waals surface area contributed by atoms with Gasteiger partial charge in [0.1, 0.15) is 5.69 Å². The summed E-state index contributed by atoms with van der Waals surface area (Å²) in [5.41, 5.74) is 1.72. The number of hydrogen-bond acceptors (Lipinski definition) is 7. The van der Waals surface area contributed by atoms with Gasteiger partial charge in [0.05, 0.1) is 18.3 Å². The molecule has 0 unspecified atom stereocenters. The second-order valence-electron chi connectivity index (χ2n) is 7.45. The number of nitrogens with one attached hydrogen (secondary N) is 3. The third-order valence-corrected chi connectivity index (χ3v) is 5.23. The van der Waals surface area contributed by atoms with Crippen LogP contribution in [0.15, 0.2) is 40.2 Å². The largest absolute Gasteiger partial charge is 0.493 e. The van der Waals surface area contributed by atoms with Crippen LogP contribution in [-0.4, -0.2) is 40.7 Å². The summed E-state index contributed by atoms with van der Waals surface area (Å²) in [7, 11) is 0. The van der Waals surface area contributed by atoms with E-state index in [0.29, 0.717) is 27.5 Å². The normalized spacial score (nSPS) is 16.2. The van der Waals surface area contributed by atoms with E-state index >= 15 is 0 Å². The number of anilines is 1. The SMILES string of the molecule is C[C@H](Nc1nc(=NC2CC2)n2ncc(=Cc3[nH]c(=O)[nH]c3O)c2n1)c1ccc(Cl)cc1. The number of aromatic nitrogens is 6. The van der Waals surface area contributed by atoms with E-state index in [0.717, 1.165) is 18.4 Å². The fourth-order valence-corrected chi connectivity index (χ4v) is 3.30. The highest BCUT2D eigenvalue weighted by Crippen LogP contribution is 2.22. The number of hydrogen-bond donors (Lipinski definition) is 4. The van der Waals surface area contributed by atoms with Crippen molar-refractivity contribution in [1.29, 1.82) is 0 Å². The molecule has 31 heavy (non-hydrogen) atoms. The zero-order valence-corrected chi connectivity index (χ0v) is 17.3. The molecule has 1 aliphatic carbocycles. The average Bonchev–Trinajstić information content (AvgIpc) is 3.37. The summed E-state index contributed by atoms with van der Waals surface area (Å²) < 4.78 is 1.56. The number of benzene rings is 1. The van der Waals surface area contributed by atoms with Gasteiger partial charge in [0, 0.05) is 10.2 Å². The van der Waals surface area contributed by atoms with Crippen molar-refractivity contribution in [2.24, 2.45) is 4.99 Å². The van der Waals surface area contributed by atoms with Crippen molar-refractivity contribution in [3.05, 3.63) is 68.1 Å². The molecule has 5 rings (SSSR count). The summed E-state index contributed by atoms with van der Waals surface area (Å²) in [5, 5.41) is 18.8. The maximum Gasteiger partial charge on any atom is 0.326 e. The van der Waals surface area contributed by atoms with Crippen LogP contribution in [0.3, 0.4) is 0 Å². The molecule has 0 radical (unpaired) electrons. The standard InChI is InChI=1S/C20H19ClN8O2/c1-10(11-2-4-13(21)5-3-11)23-18-26-16-12(8-15-17(30)27-20(31)25-15)9-22-29(16)19(28-18)24-14-6-7-14/h2-5,8-10,14,30H,6-7H2,1H3,(H,23,24,28)(H2,25,27,31)/t10-/m0/s1. The summed E-state index contributed by atoms with van der Waals surface area (Å²) in [5.74, 6) is 0.146. The lowest BCUT2D eigenvalue weighted by atomic mass is 10.1. The number of aromatic amines is 2. The Bertz CT molecular complexity index is 1430. The Hall–Kier alpha value is -3.66. The Labute approximate surface area is 180 Å². The van der Waals surface area contributed by atoms with Gasteiger partial charge in [0.25, 0.3) is 5.62 Å². The minimum Gasteiger partial charge on any atom is -0.493 e. The lowest BCUT2D eigenvalue weighted by molar-refractivity contribution is 0.454. The van der Waals surface area contributed by atoms with Gasteiger partial charge >= 0.3 is 5.69 Å². The molecule has 158 valence electrons. The number of nitrogens with zero attached hydrogens (tertiary/aromatic N) is 5. The molecular formula is C20H19ClN8O2. The smallest absolute Gasteiger partial charge is 0.326 e. The van der Waals surface area contributed by atoms with E-state index in [1.165, 1.54) is 0 Å². The zero-order valence-electron chi connectivity index (χ0n) is 16.5. The molecule has 0 saturated heterocycles. The molecule has 0 amide bonds. The molecule has 1 aliphatic rings. The van der Waals surface area contributed by atoms with Gasteiger partial charge in [-0.1, -0.05) is 23.7 Å². The molecule has 1 atom stereocenters. The molecule has 1 fully saturated rings. The Morgan fingerprint density at radius 3 is 2.74 bits per heavy atom. The summed E-state index contributed by atoms with van der Waals surface area (Å²) in [6.07, 6.45) is 5.23. The van der Waals surface area contributed by atoms with E-state index < -0.39 is 5.69 Å². The molecule has 0 bridgehead atoms. The molecule has 3 aromatic heterocycles. The first-order valence-electron chi connectivity index (χ1n) is 9.81. The Kier molecular flexibility index (Phi) is 4.70. The predicted octanol–water partition coefficient (Wildman–Crippen LogP) is 1.28. The Balaban J connectivity index is 1.61. The minimum atomic E-state index is -0.501. The van der Waals surface area contributed by atoms with Gasteiger partial charge in [-0.3, -0.25) is 4.98 Å². The van der Waals surface area contributed by atoms with Gasteiger partial charge in [0.2, 0.25) is 11.8 Å². The van der Waals surface area contributed by atoms with E-state index in [9.17, 15) is 9.90 Å².